The number of aliphatic hydroxyl groups excluding tert-OH is 1. The lowest BCUT2D eigenvalue weighted by Crippen LogP contribution is -2.37. The molecule has 1 saturated carbocycles. The predicted octanol–water partition coefficient (Wildman–Crippen LogP) is 0.629. The highest BCUT2D eigenvalue weighted by Gasteiger charge is 2.26. The van der Waals surface area contributed by atoms with Crippen molar-refractivity contribution in [1.29, 1.82) is 0 Å². The fourth-order valence-corrected chi connectivity index (χ4v) is 1.74. The van der Waals surface area contributed by atoms with Crippen molar-refractivity contribution in [2.45, 2.75) is 25.9 Å². The molecule has 1 rings (SSSR count). The van der Waals surface area contributed by atoms with Crippen LogP contribution in [0.3, 0.4) is 0 Å². The van der Waals surface area contributed by atoms with Crippen LogP contribution in [-0.2, 0) is 4.74 Å². The van der Waals surface area contributed by atoms with Crippen LogP contribution in [0.1, 0.15) is 19.8 Å². The summed E-state index contributed by atoms with van der Waals surface area (Å²) in [5.74, 6) is 1.28. The predicted molar refractivity (Wildman–Crippen MR) is 52.6 cm³/mol. The Morgan fingerprint density at radius 1 is 1.54 bits per heavy atom. The van der Waals surface area contributed by atoms with Gasteiger partial charge < -0.3 is 15.2 Å². The Morgan fingerprint density at radius 2 is 2.23 bits per heavy atom. The van der Waals surface area contributed by atoms with Crippen molar-refractivity contribution in [1.82, 2.24) is 5.32 Å². The van der Waals surface area contributed by atoms with E-state index in [0.29, 0.717) is 11.8 Å². The molecular weight excluding hydrogens is 166 g/mol. The molecule has 0 spiro atoms. The molecule has 0 radical (unpaired) electrons. The van der Waals surface area contributed by atoms with Gasteiger partial charge in [-0.3, -0.25) is 0 Å². The molecule has 0 heterocycles. The summed E-state index contributed by atoms with van der Waals surface area (Å²) < 4.78 is 5.04. The SMILES string of the molecule is COCC(C)CNCC1CC(O)C1. The van der Waals surface area contributed by atoms with Crippen molar-refractivity contribution in [2.75, 3.05) is 26.8 Å². The Balaban J connectivity index is 1.89. The zero-order valence-electron chi connectivity index (χ0n) is 8.62. The van der Waals surface area contributed by atoms with E-state index >= 15 is 0 Å². The minimum atomic E-state index is -0.0248. The van der Waals surface area contributed by atoms with Crippen molar-refractivity contribution in [3.05, 3.63) is 0 Å². The lowest BCUT2D eigenvalue weighted by atomic mass is 9.82. The average molecular weight is 187 g/mol. The smallest absolute Gasteiger partial charge is 0.0546 e. The molecule has 1 aliphatic carbocycles. The van der Waals surface area contributed by atoms with Crippen LogP contribution in [0.2, 0.25) is 0 Å². The highest BCUT2D eigenvalue weighted by Crippen LogP contribution is 2.25. The largest absolute Gasteiger partial charge is 0.393 e. The van der Waals surface area contributed by atoms with Crippen molar-refractivity contribution in [2.24, 2.45) is 11.8 Å². The van der Waals surface area contributed by atoms with E-state index < -0.39 is 0 Å². The second-order valence-corrected chi connectivity index (χ2v) is 4.21. The number of methoxy groups -OCH3 is 1. The highest BCUT2D eigenvalue weighted by atomic mass is 16.5. The second-order valence-electron chi connectivity index (χ2n) is 4.21. The van der Waals surface area contributed by atoms with Gasteiger partial charge in [0.2, 0.25) is 0 Å². The van der Waals surface area contributed by atoms with Gasteiger partial charge in [-0.1, -0.05) is 6.92 Å². The summed E-state index contributed by atoms with van der Waals surface area (Å²) in [5.41, 5.74) is 0. The Bertz CT molecular complexity index is 130. The van der Waals surface area contributed by atoms with E-state index in [9.17, 15) is 0 Å². The summed E-state index contributed by atoms with van der Waals surface area (Å²) in [5, 5.41) is 12.5. The van der Waals surface area contributed by atoms with Gasteiger partial charge >= 0.3 is 0 Å². The molecular formula is C10H21NO2. The standard InChI is InChI=1S/C10H21NO2/c1-8(7-13-2)5-11-6-9-3-10(12)4-9/h8-12H,3-7H2,1-2H3. The lowest BCUT2D eigenvalue weighted by molar-refractivity contribution is 0.0422. The van der Waals surface area contributed by atoms with Crippen LogP contribution in [0.5, 0.6) is 0 Å². The highest BCUT2D eigenvalue weighted by molar-refractivity contribution is 4.80. The van der Waals surface area contributed by atoms with Crippen LogP contribution < -0.4 is 5.32 Å². The van der Waals surface area contributed by atoms with Gasteiger partial charge in [-0.15, -0.1) is 0 Å². The van der Waals surface area contributed by atoms with E-state index in [2.05, 4.69) is 12.2 Å². The number of ether oxygens (including phenoxy) is 1. The lowest BCUT2D eigenvalue weighted by Gasteiger charge is -2.31. The van der Waals surface area contributed by atoms with Crippen molar-refractivity contribution in [3.8, 4) is 0 Å². The summed E-state index contributed by atoms with van der Waals surface area (Å²) in [6.07, 6.45) is 1.93. The summed E-state index contributed by atoms with van der Waals surface area (Å²) in [7, 11) is 1.73. The van der Waals surface area contributed by atoms with Gasteiger partial charge in [0.15, 0.2) is 0 Å². The van der Waals surface area contributed by atoms with Gasteiger partial charge in [0.1, 0.15) is 0 Å². The fraction of sp³-hybridized carbons (Fsp3) is 1.00. The topological polar surface area (TPSA) is 41.5 Å². The third kappa shape index (κ3) is 4.07. The fourth-order valence-electron chi connectivity index (χ4n) is 1.74. The van der Waals surface area contributed by atoms with Crippen molar-refractivity contribution < 1.29 is 9.84 Å². The van der Waals surface area contributed by atoms with Crippen LogP contribution in [0.25, 0.3) is 0 Å². The second kappa shape index (κ2) is 5.58. The van der Waals surface area contributed by atoms with Gasteiger partial charge in [-0.05, 0) is 37.8 Å². The van der Waals surface area contributed by atoms with E-state index in [0.717, 1.165) is 32.5 Å². The third-order valence-corrected chi connectivity index (χ3v) is 2.59. The number of aliphatic hydroxyl groups is 1. The molecule has 78 valence electrons. The van der Waals surface area contributed by atoms with Crippen LogP contribution in [0.4, 0.5) is 0 Å². The minimum Gasteiger partial charge on any atom is -0.393 e. The van der Waals surface area contributed by atoms with E-state index in [1.165, 1.54) is 0 Å². The molecule has 13 heavy (non-hydrogen) atoms. The maximum absolute atomic E-state index is 9.06. The van der Waals surface area contributed by atoms with Crippen LogP contribution in [0, 0.1) is 11.8 Å². The first-order valence-corrected chi connectivity index (χ1v) is 5.10. The number of hydrogen-bond donors (Lipinski definition) is 2. The summed E-state index contributed by atoms with van der Waals surface area (Å²) in [4.78, 5) is 0. The Hall–Kier alpha value is -0.120. The normalized spacial score (nSPS) is 29.8. The van der Waals surface area contributed by atoms with Gasteiger partial charge in [-0.25, -0.2) is 0 Å². The van der Waals surface area contributed by atoms with Crippen molar-refractivity contribution >= 4 is 0 Å². The molecule has 0 aliphatic heterocycles. The molecule has 2 N–H and O–H groups in total. The maximum Gasteiger partial charge on any atom is 0.0546 e. The summed E-state index contributed by atoms with van der Waals surface area (Å²) in [6.45, 7) is 5.05. The summed E-state index contributed by atoms with van der Waals surface area (Å²) in [6, 6.07) is 0. The van der Waals surface area contributed by atoms with Gasteiger partial charge in [-0.2, -0.15) is 0 Å². The van der Waals surface area contributed by atoms with E-state index in [1.54, 1.807) is 7.11 Å². The average Bonchev–Trinajstić information content (AvgIpc) is 2.01. The monoisotopic (exact) mass is 187 g/mol. The molecule has 1 atom stereocenters. The third-order valence-electron chi connectivity index (χ3n) is 2.59. The molecule has 0 bridgehead atoms. The Kier molecular flexibility index (Phi) is 4.70. The quantitative estimate of drug-likeness (QED) is 0.641. The molecule has 1 aliphatic rings. The molecule has 0 aromatic heterocycles. The molecule has 3 nitrogen and oxygen atoms in total. The maximum atomic E-state index is 9.06. The van der Waals surface area contributed by atoms with E-state index in [4.69, 9.17) is 9.84 Å². The van der Waals surface area contributed by atoms with E-state index in [1.807, 2.05) is 0 Å². The number of nitrogens with one attached hydrogen (secondary N) is 1. The first kappa shape index (κ1) is 11.0. The molecule has 1 unspecified atom stereocenters. The zero-order chi connectivity index (χ0) is 9.68. The molecule has 0 amide bonds. The zero-order valence-corrected chi connectivity index (χ0v) is 8.62. The molecule has 0 aromatic carbocycles. The molecule has 0 aromatic rings. The Labute approximate surface area is 80.5 Å². The molecule has 1 fully saturated rings. The Morgan fingerprint density at radius 3 is 2.77 bits per heavy atom. The van der Waals surface area contributed by atoms with Gasteiger partial charge in [0.25, 0.3) is 0 Å². The van der Waals surface area contributed by atoms with Crippen LogP contribution in [0.15, 0.2) is 0 Å². The minimum absolute atomic E-state index is 0.0248. The van der Waals surface area contributed by atoms with Crippen molar-refractivity contribution in [3.63, 3.8) is 0 Å². The first-order chi connectivity index (χ1) is 6.22. The molecule has 3 heteroatoms. The van der Waals surface area contributed by atoms with E-state index in [-0.39, 0.29) is 6.10 Å². The first-order valence-electron chi connectivity index (χ1n) is 5.10. The number of rotatable bonds is 6. The number of hydrogen-bond acceptors (Lipinski definition) is 3. The van der Waals surface area contributed by atoms with Crippen LogP contribution >= 0.6 is 0 Å². The van der Waals surface area contributed by atoms with Crippen LogP contribution in [-0.4, -0.2) is 38.0 Å². The summed E-state index contributed by atoms with van der Waals surface area (Å²) >= 11 is 0. The molecule has 0 saturated heterocycles. The van der Waals surface area contributed by atoms with Gasteiger partial charge in [0, 0.05) is 13.7 Å². The van der Waals surface area contributed by atoms with Gasteiger partial charge in [0.05, 0.1) is 6.10 Å².